The average Bonchev–Trinajstić information content (AvgIpc) is 3.30. The van der Waals surface area contributed by atoms with E-state index in [9.17, 15) is 19.5 Å². The standard InChI is InChI=1S/C35H32N2O6S/c1-21-31(20-44-28-16-14-26(15-17-28)36-22(2)39)42-35(43-32(21)24-12-10-23(19-38)11-13-24)25-6-5-7-27(18-25)37-33(40)29-8-3-4-9-30(29)34(37)41/h3-18,21,31-32,35,38H,19-20H2,1-2H3,(H,36,39). The predicted octanol–water partition coefficient (Wildman–Crippen LogP) is 6.52. The topological polar surface area (TPSA) is 105 Å². The van der Waals surface area contributed by atoms with Crippen LogP contribution in [0.3, 0.4) is 0 Å². The van der Waals surface area contributed by atoms with Crippen molar-refractivity contribution in [2.75, 3.05) is 16.0 Å². The van der Waals surface area contributed by atoms with Crippen LogP contribution in [0.15, 0.2) is 102 Å². The van der Waals surface area contributed by atoms with E-state index in [1.54, 1.807) is 54.2 Å². The van der Waals surface area contributed by atoms with Crippen molar-refractivity contribution >= 4 is 40.9 Å². The van der Waals surface area contributed by atoms with Crippen LogP contribution < -0.4 is 10.2 Å². The van der Waals surface area contributed by atoms with Gasteiger partial charge in [-0.25, -0.2) is 4.90 Å². The molecule has 4 unspecified atom stereocenters. The van der Waals surface area contributed by atoms with Gasteiger partial charge in [0.05, 0.1) is 35.6 Å². The number of anilines is 2. The van der Waals surface area contributed by atoms with Crippen molar-refractivity contribution in [3.63, 3.8) is 0 Å². The molecule has 6 rings (SSSR count). The number of hydrogen-bond donors (Lipinski definition) is 2. The molecule has 224 valence electrons. The first-order valence-electron chi connectivity index (χ1n) is 14.4. The first kappa shape index (κ1) is 29.8. The number of fused-ring (bicyclic) bond motifs is 1. The molecule has 1 fully saturated rings. The number of aliphatic hydroxyl groups is 1. The number of nitrogens with zero attached hydrogens (tertiary/aromatic N) is 1. The number of benzene rings is 4. The van der Waals surface area contributed by atoms with E-state index in [0.717, 1.165) is 21.7 Å². The molecule has 4 aromatic rings. The highest BCUT2D eigenvalue weighted by atomic mass is 32.2. The number of thioether (sulfide) groups is 1. The predicted molar refractivity (Wildman–Crippen MR) is 168 cm³/mol. The quantitative estimate of drug-likeness (QED) is 0.173. The van der Waals surface area contributed by atoms with E-state index in [1.165, 1.54) is 11.8 Å². The van der Waals surface area contributed by atoms with E-state index in [2.05, 4.69) is 12.2 Å². The van der Waals surface area contributed by atoms with Gasteiger partial charge in [0.1, 0.15) is 0 Å². The minimum Gasteiger partial charge on any atom is -0.392 e. The molecule has 0 aliphatic carbocycles. The van der Waals surface area contributed by atoms with Crippen molar-refractivity contribution in [3.8, 4) is 0 Å². The number of carbonyl (C=O) groups excluding carboxylic acids is 3. The van der Waals surface area contributed by atoms with Gasteiger partial charge in [-0.1, -0.05) is 55.5 Å². The molecule has 2 heterocycles. The molecule has 2 aliphatic rings. The molecule has 9 heteroatoms. The zero-order valence-electron chi connectivity index (χ0n) is 24.3. The zero-order valence-corrected chi connectivity index (χ0v) is 25.1. The molecular formula is C35H32N2O6S. The summed E-state index contributed by atoms with van der Waals surface area (Å²) >= 11 is 1.65. The Labute approximate surface area is 260 Å². The third kappa shape index (κ3) is 6.05. The molecular weight excluding hydrogens is 576 g/mol. The van der Waals surface area contributed by atoms with E-state index >= 15 is 0 Å². The monoisotopic (exact) mass is 608 g/mol. The Kier molecular flexibility index (Phi) is 8.63. The molecule has 3 amide bonds. The second-order valence-electron chi connectivity index (χ2n) is 10.9. The lowest BCUT2D eigenvalue weighted by Gasteiger charge is -2.41. The summed E-state index contributed by atoms with van der Waals surface area (Å²) in [6.45, 7) is 3.53. The highest BCUT2D eigenvalue weighted by Crippen LogP contribution is 2.44. The Morgan fingerprint density at radius 2 is 1.55 bits per heavy atom. The molecule has 1 saturated heterocycles. The number of hydrogen-bond acceptors (Lipinski definition) is 7. The SMILES string of the molecule is CC(=O)Nc1ccc(SCC2OC(c3cccc(N4C(=O)c5ccccc5C4=O)c3)OC(c3ccc(CO)cc3)C2C)cc1. The van der Waals surface area contributed by atoms with Gasteiger partial charge in [-0.15, -0.1) is 11.8 Å². The third-order valence-corrected chi connectivity index (χ3v) is 9.01. The summed E-state index contributed by atoms with van der Waals surface area (Å²) in [5, 5.41) is 12.3. The zero-order chi connectivity index (χ0) is 30.8. The van der Waals surface area contributed by atoms with Crippen LogP contribution in [0.1, 0.15) is 63.6 Å². The summed E-state index contributed by atoms with van der Waals surface area (Å²) in [6, 6.07) is 29.4. The van der Waals surface area contributed by atoms with Crippen LogP contribution in [0.5, 0.6) is 0 Å². The number of ether oxygens (including phenoxy) is 2. The Bertz CT molecular complexity index is 1660. The smallest absolute Gasteiger partial charge is 0.266 e. The fraction of sp³-hybridized carbons (Fsp3) is 0.229. The minimum absolute atomic E-state index is 0.0169. The fourth-order valence-corrected chi connectivity index (χ4v) is 6.63. The van der Waals surface area contributed by atoms with E-state index in [0.29, 0.717) is 28.1 Å². The lowest BCUT2D eigenvalue weighted by Crippen LogP contribution is -2.38. The Balaban J connectivity index is 1.26. The summed E-state index contributed by atoms with van der Waals surface area (Å²) in [4.78, 5) is 40.0. The van der Waals surface area contributed by atoms with E-state index in [-0.39, 0.29) is 42.5 Å². The van der Waals surface area contributed by atoms with E-state index in [4.69, 9.17) is 9.47 Å². The van der Waals surface area contributed by atoms with Crippen molar-refractivity contribution in [2.45, 2.75) is 43.8 Å². The first-order chi connectivity index (χ1) is 21.3. The third-order valence-electron chi connectivity index (χ3n) is 7.91. The number of nitrogens with one attached hydrogen (secondary N) is 1. The van der Waals surface area contributed by atoms with Crippen molar-refractivity contribution < 1.29 is 29.0 Å². The molecule has 0 radical (unpaired) electrons. The molecule has 0 aromatic heterocycles. The van der Waals surface area contributed by atoms with Crippen LogP contribution in [0, 0.1) is 5.92 Å². The Hall–Kier alpha value is -4.28. The van der Waals surface area contributed by atoms with E-state index < -0.39 is 6.29 Å². The molecule has 44 heavy (non-hydrogen) atoms. The largest absolute Gasteiger partial charge is 0.392 e. The van der Waals surface area contributed by atoms with Crippen LogP contribution >= 0.6 is 11.8 Å². The number of imide groups is 1. The summed E-state index contributed by atoms with van der Waals surface area (Å²) in [5.74, 6) is -0.211. The van der Waals surface area contributed by atoms with Crippen LogP contribution in [0.25, 0.3) is 0 Å². The highest BCUT2D eigenvalue weighted by molar-refractivity contribution is 7.99. The van der Waals surface area contributed by atoms with Crippen molar-refractivity contribution in [3.05, 3.63) is 125 Å². The van der Waals surface area contributed by atoms with Crippen LogP contribution in [0.2, 0.25) is 0 Å². The van der Waals surface area contributed by atoms with Gasteiger partial charge < -0.3 is 19.9 Å². The highest BCUT2D eigenvalue weighted by Gasteiger charge is 2.40. The van der Waals surface area contributed by atoms with Gasteiger partial charge in [-0.3, -0.25) is 14.4 Å². The van der Waals surface area contributed by atoms with E-state index in [1.807, 2.05) is 54.6 Å². The lowest BCUT2D eigenvalue weighted by molar-refractivity contribution is -0.268. The van der Waals surface area contributed by atoms with Gasteiger partial charge in [0.25, 0.3) is 11.8 Å². The number of carbonyl (C=O) groups is 3. The second-order valence-corrected chi connectivity index (χ2v) is 12.0. The maximum absolute atomic E-state index is 13.2. The second kappa shape index (κ2) is 12.8. The van der Waals surface area contributed by atoms with Gasteiger partial charge in [0.2, 0.25) is 5.91 Å². The van der Waals surface area contributed by atoms with Gasteiger partial charge in [0.15, 0.2) is 6.29 Å². The van der Waals surface area contributed by atoms with Gasteiger partial charge in [-0.2, -0.15) is 0 Å². The molecule has 0 bridgehead atoms. The Morgan fingerprint density at radius 1 is 0.864 bits per heavy atom. The molecule has 4 atom stereocenters. The molecule has 2 aliphatic heterocycles. The van der Waals surface area contributed by atoms with Crippen molar-refractivity contribution in [1.29, 1.82) is 0 Å². The molecule has 4 aromatic carbocycles. The summed E-state index contributed by atoms with van der Waals surface area (Å²) in [7, 11) is 0. The van der Waals surface area contributed by atoms with Gasteiger partial charge in [0, 0.05) is 34.7 Å². The maximum Gasteiger partial charge on any atom is 0.266 e. The number of amides is 3. The molecule has 0 saturated carbocycles. The van der Waals surface area contributed by atoms with Crippen molar-refractivity contribution in [2.24, 2.45) is 5.92 Å². The lowest BCUT2D eigenvalue weighted by atomic mass is 9.91. The van der Waals surface area contributed by atoms with Crippen LogP contribution in [-0.4, -0.2) is 34.7 Å². The first-order valence-corrected chi connectivity index (χ1v) is 15.4. The minimum atomic E-state index is -0.753. The van der Waals surface area contributed by atoms with Crippen molar-refractivity contribution in [1.82, 2.24) is 0 Å². The number of rotatable bonds is 8. The summed E-state index contributed by atoms with van der Waals surface area (Å²) in [6.07, 6.45) is -1.27. The van der Waals surface area contributed by atoms with Crippen LogP contribution in [-0.2, 0) is 20.9 Å². The molecule has 2 N–H and O–H groups in total. The van der Waals surface area contributed by atoms with Gasteiger partial charge in [-0.05, 0) is 59.7 Å². The molecule has 8 nitrogen and oxygen atoms in total. The van der Waals surface area contributed by atoms with Crippen LogP contribution in [0.4, 0.5) is 11.4 Å². The average molecular weight is 609 g/mol. The summed E-state index contributed by atoms with van der Waals surface area (Å²) in [5.41, 5.74) is 4.43. The summed E-state index contributed by atoms with van der Waals surface area (Å²) < 4.78 is 13.2. The normalized spacial score (nSPS) is 21.3. The Morgan fingerprint density at radius 3 is 2.18 bits per heavy atom. The maximum atomic E-state index is 13.2. The molecule has 0 spiro atoms. The number of aliphatic hydroxyl groups excluding tert-OH is 1. The fourth-order valence-electron chi connectivity index (χ4n) is 5.56. The van der Waals surface area contributed by atoms with Gasteiger partial charge >= 0.3 is 0 Å².